The summed E-state index contributed by atoms with van der Waals surface area (Å²) in [4.78, 5) is 16.2. The third-order valence-corrected chi connectivity index (χ3v) is 4.16. The predicted octanol–water partition coefficient (Wildman–Crippen LogP) is 4.29. The maximum Gasteiger partial charge on any atom is 0.256 e. The highest BCUT2D eigenvalue weighted by Gasteiger charge is 2.12. The predicted molar refractivity (Wildman–Crippen MR) is 86.3 cm³/mol. The van der Waals surface area contributed by atoms with Gasteiger partial charge in [0.15, 0.2) is 0 Å². The van der Waals surface area contributed by atoms with Crippen LogP contribution in [0.5, 0.6) is 0 Å². The monoisotopic (exact) mass is 324 g/mol. The normalized spacial score (nSPS) is 10.7. The Hall–Kier alpha value is -1.46. The summed E-state index contributed by atoms with van der Waals surface area (Å²) >= 11 is 7.43. The molecule has 0 fully saturated rings. The molecule has 112 valence electrons. The van der Waals surface area contributed by atoms with E-state index in [0.717, 1.165) is 22.6 Å². The highest BCUT2D eigenvalue weighted by molar-refractivity contribution is 7.99. The van der Waals surface area contributed by atoms with E-state index in [0.29, 0.717) is 15.9 Å². The van der Waals surface area contributed by atoms with Crippen LogP contribution in [0.25, 0.3) is 0 Å². The number of anilines is 1. The number of hydrogen-bond donors (Lipinski definition) is 1. The number of carbonyl (C=O) groups is 1. The minimum atomic E-state index is -0.137. The van der Waals surface area contributed by atoms with Crippen molar-refractivity contribution in [2.24, 2.45) is 0 Å². The quantitative estimate of drug-likeness (QED) is 0.852. The van der Waals surface area contributed by atoms with Gasteiger partial charge in [0.05, 0.1) is 22.2 Å². The van der Waals surface area contributed by atoms with Crippen LogP contribution >= 0.6 is 23.4 Å². The summed E-state index contributed by atoms with van der Waals surface area (Å²) in [6.45, 7) is 7.61. The van der Waals surface area contributed by atoms with Gasteiger partial charge in [-0.3, -0.25) is 4.79 Å². The van der Waals surface area contributed by atoms with Crippen molar-refractivity contribution in [3.63, 3.8) is 0 Å². The zero-order valence-corrected chi connectivity index (χ0v) is 14.0. The number of aromatic nitrogens is 1. The second-order valence-electron chi connectivity index (χ2n) is 4.90. The van der Waals surface area contributed by atoms with Crippen molar-refractivity contribution in [3.05, 3.63) is 39.7 Å². The van der Waals surface area contributed by atoms with Gasteiger partial charge in [-0.2, -0.15) is 0 Å². The Labute approximate surface area is 133 Å². The fourth-order valence-corrected chi connectivity index (χ4v) is 2.96. The molecule has 0 saturated carbocycles. The lowest BCUT2D eigenvalue weighted by Gasteiger charge is -2.11. The Morgan fingerprint density at radius 2 is 2.05 bits per heavy atom. The number of oxazole rings is 1. The van der Waals surface area contributed by atoms with E-state index in [1.165, 1.54) is 11.8 Å². The van der Waals surface area contributed by atoms with Gasteiger partial charge in [0, 0.05) is 0 Å². The number of carbonyl (C=O) groups excluding carboxylic acids is 1. The minimum Gasteiger partial charge on any atom is -0.437 e. The Morgan fingerprint density at radius 3 is 2.62 bits per heavy atom. The van der Waals surface area contributed by atoms with Crippen LogP contribution in [0, 0.1) is 27.7 Å². The van der Waals surface area contributed by atoms with Gasteiger partial charge in [-0.25, -0.2) is 4.98 Å². The van der Waals surface area contributed by atoms with Gasteiger partial charge in [-0.1, -0.05) is 29.4 Å². The molecule has 2 rings (SSSR count). The highest BCUT2D eigenvalue weighted by Crippen LogP contribution is 2.28. The van der Waals surface area contributed by atoms with Crippen molar-refractivity contribution < 1.29 is 9.21 Å². The molecule has 0 aliphatic heterocycles. The van der Waals surface area contributed by atoms with Gasteiger partial charge >= 0.3 is 0 Å². The van der Waals surface area contributed by atoms with Crippen LogP contribution in [-0.4, -0.2) is 16.6 Å². The first kappa shape index (κ1) is 15.9. The van der Waals surface area contributed by atoms with Gasteiger partial charge in [-0.15, -0.1) is 0 Å². The third kappa shape index (κ3) is 4.02. The lowest BCUT2D eigenvalue weighted by Crippen LogP contribution is -2.15. The van der Waals surface area contributed by atoms with Crippen molar-refractivity contribution in [2.45, 2.75) is 32.9 Å². The molecule has 1 amide bonds. The Balaban J connectivity index is 1.99. The van der Waals surface area contributed by atoms with E-state index in [1.54, 1.807) is 0 Å². The van der Waals surface area contributed by atoms with E-state index < -0.39 is 0 Å². The topological polar surface area (TPSA) is 55.1 Å². The molecule has 6 heteroatoms. The molecule has 0 unspecified atom stereocenters. The lowest BCUT2D eigenvalue weighted by molar-refractivity contribution is -0.113. The highest BCUT2D eigenvalue weighted by atomic mass is 35.5. The number of benzene rings is 1. The summed E-state index contributed by atoms with van der Waals surface area (Å²) in [5.74, 6) is 0.862. The van der Waals surface area contributed by atoms with Crippen molar-refractivity contribution in [2.75, 3.05) is 11.1 Å². The van der Waals surface area contributed by atoms with E-state index in [9.17, 15) is 4.79 Å². The Kier molecular flexibility index (Phi) is 4.96. The molecule has 4 nitrogen and oxygen atoms in total. The maximum absolute atomic E-state index is 12.0. The SMILES string of the molecule is Cc1cc(C)c(NC(=O)CSc2nc(C)c(C)o2)c(Cl)c1. The first-order valence-corrected chi connectivity index (χ1v) is 7.86. The molecule has 1 aromatic carbocycles. The van der Waals surface area contributed by atoms with Crippen LogP contribution in [0.15, 0.2) is 21.8 Å². The Morgan fingerprint density at radius 1 is 1.33 bits per heavy atom. The van der Waals surface area contributed by atoms with Crippen LogP contribution in [0.1, 0.15) is 22.6 Å². The molecule has 21 heavy (non-hydrogen) atoms. The van der Waals surface area contributed by atoms with Gasteiger partial charge in [0.25, 0.3) is 5.22 Å². The lowest BCUT2D eigenvalue weighted by atomic mass is 10.1. The summed E-state index contributed by atoms with van der Waals surface area (Å²) < 4.78 is 5.42. The number of nitrogens with one attached hydrogen (secondary N) is 1. The first-order chi connectivity index (χ1) is 9.86. The number of thioether (sulfide) groups is 1. The molecule has 2 aromatic rings. The fourth-order valence-electron chi connectivity index (χ4n) is 1.88. The number of halogens is 1. The van der Waals surface area contributed by atoms with Crippen LogP contribution < -0.4 is 5.32 Å². The van der Waals surface area contributed by atoms with Crippen LogP contribution in [0.2, 0.25) is 5.02 Å². The number of aryl methyl sites for hydroxylation is 4. The first-order valence-electron chi connectivity index (χ1n) is 6.50. The van der Waals surface area contributed by atoms with E-state index >= 15 is 0 Å². The third-order valence-electron chi connectivity index (χ3n) is 3.03. The maximum atomic E-state index is 12.0. The summed E-state index contributed by atoms with van der Waals surface area (Å²) in [6.07, 6.45) is 0. The van der Waals surface area contributed by atoms with E-state index in [4.69, 9.17) is 16.0 Å². The molecule has 1 aromatic heterocycles. The zero-order valence-electron chi connectivity index (χ0n) is 12.4. The van der Waals surface area contributed by atoms with Gasteiger partial charge in [0.2, 0.25) is 5.91 Å². The van der Waals surface area contributed by atoms with E-state index in [2.05, 4.69) is 10.3 Å². The van der Waals surface area contributed by atoms with Crippen molar-refractivity contribution >= 4 is 35.0 Å². The summed E-state index contributed by atoms with van der Waals surface area (Å²) in [5.41, 5.74) is 3.51. The molecular weight excluding hydrogens is 308 g/mol. The summed E-state index contributed by atoms with van der Waals surface area (Å²) in [6, 6.07) is 3.81. The van der Waals surface area contributed by atoms with Crippen molar-refractivity contribution in [1.29, 1.82) is 0 Å². The average molecular weight is 325 g/mol. The van der Waals surface area contributed by atoms with Crippen LogP contribution in [0.3, 0.4) is 0 Å². The van der Waals surface area contributed by atoms with E-state index in [-0.39, 0.29) is 11.7 Å². The summed E-state index contributed by atoms with van der Waals surface area (Å²) in [7, 11) is 0. The van der Waals surface area contributed by atoms with Crippen molar-refractivity contribution in [1.82, 2.24) is 4.98 Å². The molecular formula is C15H17ClN2O2S. The molecule has 0 aliphatic carbocycles. The molecule has 0 aliphatic rings. The van der Waals surface area contributed by atoms with E-state index in [1.807, 2.05) is 39.8 Å². The standard InChI is InChI=1S/C15H17ClN2O2S/c1-8-5-9(2)14(12(16)6-8)18-13(19)7-21-15-17-10(3)11(4)20-15/h5-6H,7H2,1-4H3,(H,18,19). The molecule has 0 saturated heterocycles. The summed E-state index contributed by atoms with van der Waals surface area (Å²) in [5, 5.41) is 3.89. The zero-order chi connectivity index (χ0) is 15.6. The number of hydrogen-bond acceptors (Lipinski definition) is 4. The second kappa shape index (κ2) is 6.54. The molecule has 1 heterocycles. The number of amides is 1. The van der Waals surface area contributed by atoms with Crippen LogP contribution in [0.4, 0.5) is 5.69 Å². The average Bonchev–Trinajstić information content (AvgIpc) is 2.71. The molecule has 0 atom stereocenters. The molecule has 0 bridgehead atoms. The molecule has 0 spiro atoms. The molecule has 0 radical (unpaired) electrons. The van der Waals surface area contributed by atoms with Crippen LogP contribution in [-0.2, 0) is 4.79 Å². The largest absolute Gasteiger partial charge is 0.437 e. The van der Waals surface area contributed by atoms with Gasteiger partial charge in [-0.05, 0) is 44.9 Å². The molecule has 1 N–H and O–H groups in total. The number of nitrogens with zero attached hydrogens (tertiary/aromatic N) is 1. The number of rotatable bonds is 4. The van der Waals surface area contributed by atoms with Gasteiger partial charge in [0.1, 0.15) is 5.76 Å². The van der Waals surface area contributed by atoms with Crippen molar-refractivity contribution in [3.8, 4) is 0 Å². The fraction of sp³-hybridized carbons (Fsp3) is 0.333. The Bertz CT molecular complexity index is 640. The van der Waals surface area contributed by atoms with Gasteiger partial charge < -0.3 is 9.73 Å². The second-order valence-corrected chi connectivity index (χ2v) is 6.23. The smallest absolute Gasteiger partial charge is 0.256 e. The minimum absolute atomic E-state index is 0.137.